The van der Waals surface area contributed by atoms with Gasteiger partial charge in [-0.1, -0.05) is 15.9 Å². The molecule has 0 atom stereocenters. The third-order valence-corrected chi connectivity index (χ3v) is 2.87. The largest absolute Gasteiger partial charge is 0.292 e. The molecule has 0 aliphatic heterocycles. The topological polar surface area (TPSA) is 30.0 Å². The van der Waals surface area contributed by atoms with E-state index in [4.69, 9.17) is 0 Å². The zero-order valence-corrected chi connectivity index (χ0v) is 10.7. The quantitative estimate of drug-likeness (QED) is 0.811. The predicted octanol–water partition coefficient (Wildman–Crippen LogP) is 3.55. The Labute approximate surface area is 111 Å². The first-order valence-corrected chi connectivity index (χ1v) is 5.95. The van der Waals surface area contributed by atoms with E-state index in [9.17, 15) is 13.6 Å². The number of halogens is 3. The van der Waals surface area contributed by atoms with Gasteiger partial charge in [-0.25, -0.2) is 8.78 Å². The lowest BCUT2D eigenvalue weighted by Gasteiger charge is -2.04. The van der Waals surface area contributed by atoms with E-state index in [-0.39, 0.29) is 17.7 Å². The highest BCUT2D eigenvalue weighted by atomic mass is 79.9. The van der Waals surface area contributed by atoms with E-state index in [0.717, 1.165) is 6.07 Å². The van der Waals surface area contributed by atoms with E-state index in [1.807, 2.05) is 0 Å². The van der Waals surface area contributed by atoms with Crippen LogP contribution in [0.25, 0.3) is 0 Å². The lowest BCUT2D eigenvalue weighted by Crippen LogP contribution is -2.09. The lowest BCUT2D eigenvalue weighted by atomic mass is 10.1. The van der Waals surface area contributed by atoms with Gasteiger partial charge in [0.05, 0.1) is 0 Å². The Morgan fingerprint density at radius 3 is 2.72 bits per heavy atom. The van der Waals surface area contributed by atoms with Crippen LogP contribution in [0.3, 0.4) is 0 Å². The lowest BCUT2D eigenvalue weighted by molar-refractivity contribution is 0.0983. The monoisotopic (exact) mass is 311 g/mol. The van der Waals surface area contributed by atoms with Crippen molar-refractivity contribution >= 4 is 21.7 Å². The number of rotatable bonds is 3. The summed E-state index contributed by atoms with van der Waals surface area (Å²) < 4.78 is 27.5. The molecule has 18 heavy (non-hydrogen) atoms. The van der Waals surface area contributed by atoms with Gasteiger partial charge in [0, 0.05) is 17.1 Å². The Morgan fingerprint density at radius 1 is 1.22 bits per heavy atom. The molecule has 2 nitrogen and oxygen atoms in total. The average molecular weight is 312 g/mol. The SMILES string of the molecule is O=C(Cc1cc(Br)ccc1F)c1ncccc1F. The molecule has 1 aromatic heterocycles. The maximum atomic E-state index is 13.5. The van der Waals surface area contributed by atoms with Crippen LogP contribution in [-0.4, -0.2) is 10.8 Å². The van der Waals surface area contributed by atoms with Crippen molar-refractivity contribution in [1.29, 1.82) is 0 Å². The second-order valence-electron chi connectivity index (χ2n) is 3.67. The van der Waals surface area contributed by atoms with Gasteiger partial charge in [-0.3, -0.25) is 9.78 Å². The molecular weight excluding hydrogens is 304 g/mol. The van der Waals surface area contributed by atoms with Crippen molar-refractivity contribution < 1.29 is 13.6 Å². The van der Waals surface area contributed by atoms with Gasteiger partial charge in [-0.05, 0) is 35.9 Å². The smallest absolute Gasteiger partial charge is 0.188 e. The van der Waals surface area contributed by atoms with Crippen molar-refractivity contribution in [2.24, 2.45) is 0 Å². The molecule has 0 N–H and O–H groups in total. The average Bonchev–Trinajstić information content (AvgIpc) is 2.34. The molecule has 2 rings (SSSR count). The minimum atomic E-state index is -0.696. The molecule has 92 valence electrons. The first-order valence-electron chi connectivity index (χ1n) is 5.15. The minimum absolute atomic E-state index is 0.208. The standard InChI is InChI=1S/C13H8BrF2NO/c14-9-3-4-10(15)8(6-9)7-12(18)13-11(16)2-1-5-17-13/h1-6H,7H2. The van der Waals surface area contributed by atoms with Crippen molar-refractivity contribution in [3.63, 3.8) is 0 Å². The molecular formula is C13H8BrF2NO. The van der Waals surface area contributed by atoms with Gasteiger partial charge in [-0.2, -0.15) is 0 Å². The van der Waals surface area contributed by atoms with Crippen LogP contribution in [0.2, 0.25) is 0 Å². The number of pyridine rings is 1. The van der Waals surface area contributed by atoms with Gasteiger partial charge in [0.1, 0.15) is 11.5 Å². The summed E-state index contributed by atoms with van der Waals surface area (Å²) in [5.74, 6) is -1.74. The number of nitrogens with zero attached hydrogens (tertiary/aromatic N) is 1. The van der Waals surface area contributed by atoms with E-state index >= 15 is 0 Å². The molecule has 2 aromatic rings. The third-order valence-electron chi connectivity index (χ3n) is 2.38. The summed E-state index contributed by atoms with van der Waals surface area (Å²) in [6.45, 7) is 0. The summed E-state index contributed by atoms with van der Waals surface area (Å²) in [5.41, 5.74) is -0.0590. The maximum absolute atomic E-state index is 13.5. The highest BCUT2D eigenvalue weighted by molar-refractivity contribution is 9.10. The maximum Gasteiger partial charge on any atom is 0.188 e. The van der Waals surface area contributed by atoms with Crippen LogP contribution in [0.4, 0.5) is 8.78 Å². The van der Waals surface area contributed by atoms with E-state index < -0.39 is 17.4 Å². The highest BCUT2D eigenvalue weighted by Gasteiger charge is 2.15. The van der Waals surface area contributed by atoms with Gasteiger partial charge >= 0.3 is 0 Å². The Bertz CT molecular complexity index is 601. The molecule has 0 amide bonds. The summed E-state index contributed by atoms with van der Waals surface area (Å²) in [4.78, 5) is 15.5. The molecule has 0 fully saturated rings. The zero-order valence-electron chi connectivity index (χ0n) is 9.16. The molecule has 0 saturated heterocycles. The zero-order chi connectivity index (χ0) is 13.1. The van der Waals surface area contributed by atoms with Gasteiger partial charge in [0.2, 0.25) is 0 Å². The van der Waals surface area contributed by atoms with Crippen molar-refractivity contribution in [1.82, 2.24) is 4.98 Å². The van der Waals surface area contributed by atoms with Crippen LogP contribution in [0.15, 0.2) is 41.0 Å². The molecule has 0 aliphatic carbocycles. The van der Waals surface area contributed by atoms with Crippen molar-refractivity contribution in [2.45, 2.75) is 6.42 Å². The number of ketones is 1. The normalized spacial score (nSPS) is 10.4. The van der Waals surface area contributed by atoms with Crippen LogP contribution in [-0.2, 0) is 6.42 Å². The minimum Gasteiger partial charge on any atom is -0.292 e. The number of aromatic nitrogens is 1. The molecule has 1 heterocycles. The number of carbonyl (C=O) groups excluding carboxylic acids is 1. The molecule has 5 heteroatoms. The Kier molecular flexibility index (Phi) is 3.81. The molecule has 0 saturated carbocycles. The van der Waals surface area contributed by atoms with Crippen LogP contribution in [0, 0.1) is 11.6 Å². The van der Waals surface area contributed by atoms with E-state index in [2.05, 4.69) is 20.9 Å². The Balaban J connectivity index is 2.27. The molecule has 0 spiro atoms. The van der Waals surface area contributed by atoms with Crippen LogP contribution in [0.5, 0.6) is 0 Å². The van der Waals surface area contributed by atoms with E-state index in [1.165, 1.54) is 30.5 Å². The van der Waals surface area contributed by atoms with Crippen molar-refractivity contribution in [3.8, 4) is 0 Å². The first-order chi connectivity index (χ1) is 8.58. The number of benzene rings is 1. The first kappa shape index (κ1) is 12.8. The summed E-state index contributed by atoms with van der Waals surface area (Å²) in [6.07, 6.45) is 1.10. The van der Waals surface area contributed by atoms with Crippen LogP contribution in [0.1, 0.15) is 16.1 Å². The predicted molar refractivity (Wildman–Crippen MR) is 66.3 cm³/mol. The highest BCUT2D eigenvalue weighted by Crippen LogP contribution is 2.17. The molecule has 0 bridgehead atoms. The van der Waals surface area contributed by atoms with Crippen molar-refractivity contribution in [2.75, 3.05) is 0 Å². The number of Topliss-reactive ketones (excluding diaryl/α,β-unsaturated/α-hetero) is 1. The van der Waals surface area contributed by atoms with Crippen LogP contribution >= 0.6 is 15.9 Å². The Morgan fingerprint density at radius 2 is 2.00 bits per heavy atom. The Hall–Kier alpha value is -1.62. The van der Waals surface area contributed by atoms with Gasteiger partial charge in [-0.15, -0.1) is 0 Å². The fourth-order valence-corrected chi connectivity index (χ4v) is 1.93. The fraction of sp³-hybridized carbons (Fsp3) is 0.0769. The number of hydrogen-bond donors (Lipinski definition) is 0. The van der Waals surface area contributed by atoms with E-state index in [0.29, 0.717) is 4.47 Å². The fourth-order valence-electron chi connectivity index (χ4n) is 1.53. The summed E-state index contributed by atoms with van der Waals surface area (Å²) >= 11 is 3.19. The molecule has 0 radical (unpaired) electrons. The van der Waals surface area contributed by atoms with Gasteiger partial charge < -0.3 is 0 Å². The molecule has 0 aliphatic rings. The second-order valence-corrected chi connectivity index (χ2v) is 4.59. The number of hydrogen-bond acceptors (Lipinski definition) is 2. The summed E-state index contributed by atoms with van der Waals surface area (Å²) in [7, 11) is 0. The third kappa shape index (κ3) is 2.79. The van der Waals surface area contributed by atoms with Gasteiger partial charge in [0.15, 0.2) is 11.6 Å². The van der Waals surface area contributed by atoms with E-state index in [1.54, 1.807) is 0 Å². The van der Waals surface area contributed by atoms with Gasteiger partial charge in [0.25, 0.3) is 0 Å². The second kappa shape index (κ2) is 5.35. The van der Waals surface area contributed by atoms with Crippen LogP contribution < -0.4 is 0 Å². The van der Waals surface area contributed by atoms with Crippen molar-refractivity contribution in [3.05, 3.63) is 63.9 Å². The number of carbonyl (C=O) groups is 1. The summed E-state index contributed by atoms with van der Waals surface area (Å²) in [5, 5.41) is 0. The summed E-state index contributed by atoms with van der Waals surface area (Å²) in [6, 6.07) is 6.82. The molecule has 1 aromatic carbocycles. The molecule has 0 unspecified atom stereocenters.